The van der Waals surface area contributed by atoms with Crippen molar-refractivity contribution < 1.29 is 9.90 Å². The largest absolute Gasteiger partial charge is 0.387 e. The molecule has 0 saturated heterocycles. The minimum atomic E-state index is -0.753. The van der Waals surface area contributed by atoms with Crippen molar-refractivity contribution in [1.29, 1.82) is 0 Å². The first kappa shape index (κ1) is 16.9. The number of aliphatic hydroxyl groups excluding tert-OH is 1. The van der Waals surface area contributed by atoms with Crippen LogP contribution in [0.25, 0.3) is 0 Å². The molecule has 0 fully saturated rings. The molecular formula is C17H22N4O2. The summed E-state index contributed by atoms with van der Waals surface area (Å²) >= 11 is 0. The number of nitrogens with one attached hydrogen (secondary N) is 2. The molecular weight excluding hydrogens is 292 g/mol. The van der Waals surface area contributed by atoms with Gasteiger partial charge in [0.05, 0.1) is 6.10 Å². The van der Waals surface area contributed by atoms with Crippen LogP contribution < -0.4 is 10.6 Å². The number of carbonyl (C=O) groups is 1. The van der Waals surface area contributed by atoms with Crippen LogP contribution in [0.4, 0.5) is 4.79 Å². The summed E-state index contributed by atoms with van der Waals surface area (Å²) in [6.07, 6.45) is 5.94. The SMILES string of the molecule is CC(C)(CNC(=O)NCC(O)c1ccncc1)c1ccncc1. The highest BCUT2D eigenvalue weighted by atomic mass is 16.3. The topological polar surface area (TPSA) is 87.1 Å². The van der Waals surface area contributed by atoms with Crippen molar-refractivity contribution >= 4 is 6.03 Å². The molecule has 0 aliphatic rings. The Morgan fingerprint density at radius 1 is 1.09 bits per heavy atom. The number of carbonyl (C=O) groups excluding carboxylic acids is 1. The lowest BCUT2D eigenvalue weighted by Gasteiger charge is -2.25. The summed E-state index contributed by atoms with van der Waals surface area (Å²) in [5.41, 5.74) is 1.62. The van der Waals surface area contributed by atoms with E-state index < -0.39 is 6.10 Å². The van der Waals surface area contributed by atoms with Gasteiger partial charge in [0, 0.05) is 43.3 Å². The van der Waals surface area contributed by atoms with Crippen LogP contribution in [0.5, 0.6) is 0 Å². The van der Waals surface area contributed by atoms with Crippen LogP contribution in [0.15, 0.2) is 49.1 Å². The normalized spacial score (nSPS) is 12.5. The van der Waals surface area contributed by atoms with Gasteiger partial charge in [0.1, 0.15) is 0 Å². The summed E-state index contributed by atoms with van der Waals surface area (Å²) in [5.74, 6) is 0. The van der Waals surface area contributed by atoms with Gasteiger partial charge in [-0.15, -0.1) is 0 Å². The number of aromatic nitrogens is 2. The zero-order valence-corrected chi connectivity index (χ0v) is 13.4. The first-order valence-electron chi connectivity index (χ1n) is 7.49. The maximum absolute atomic E-state index is 11.9. The number of pyridine rings is 2. The molecule has 6 nitrogen and oxygen atoms in total. The van der Waals surface area contributed by atoms with Gasteiger partial charge in [-0.2, -0.15) is 0 Å². The van der Waals surface area contributed by atoms with E-state index in [-0.39, 0.29) is 18.0 Å². The third-order valence-electron chi connectivity index (χ3n) is 3.70. The average Bonchev–Trinajstić information content (AvgIpc) is 2.59. The maximum atomic E-state index is 11.9. The summed E-state index contributed by atoms with van der Waals surface area (Å²) < 4.78 is 0. The van der Waals surface area contributed by atoms with E-state index in [0.717, 1.165) is 11.1 Å². The van der Waals surface area contributed by atoms with Crippen LogP contribution >= 0.6 is 0 Å². The monoisotopic (exact) mass is 314 g/mol. The average molecular weight is 314 g/mol. The van der Waals surface area contributed by atoms with Crippen LogP contribution in [0.1, 0.15) is 31.1 Å². The number of rotatable bonds is 6. The third kappa shape index (κ3) is 5.03. The Balaban J connectivity index is 1.79. The molecule has 122 valence electrons. The number of amides is 2. The van der Waals surface area contributed by atoms with E-state index in [2.05, 4.69) is 34.4 Å². The predicted molar refractivity (Wildman–Crippen MR) is 87.9 cm³/mol. The van der Waals surface area contributed by atoms with Crippen LogP contribution in [0.2, 0.25) is 0 Å². The van der Waals surface area contributed by atoms with E-state index >= 15 is 0 Å². The summed E-state index contributed by atoms with van der Waals surface area (Å²) in [6, 6.07) is 7.01. The molecule has 1 unspecified atom stereocenters. The van der Waals surface area contributed by atoms with E-state index in [1.54, 1.807) is 36.9 Å². The number of urea groups is 1. The Bertz CT molecular complexity index is 617. The summed E-state index contributed by atoms with van der Waals surface area (Å²) in [6.45, 7) is 4.72. The molecule has 2 heterocycles. The molecule has 0 bridgehead atoms. The van der Waals surface area contributed by atoms with Crippen molar-refractivity contribution in [2.24, 2.45) is 0 Å². The van der Waals surface area contributed by atoms with Gasteiger partial charge in [-0.1, -0.05) is 13.8 Å². The predicted octanol–water partition coefficient (Wildman–Crippen LogP) is 1.79. The van der Waals surface area contributed by atoms with Crippen molar-refractivity contribution in [3.63, 3.8) is 0 Å². The third-order valence-corrected chi connectivity index (χ3v) is 3.70. The quantitative estimate of drug-likeness (QED) is 0.758. The zero-order chi connectivity index (χ0) is 16.7. The van der Waals surface area contributed by atoms with E-state index in [1.807, 2.05) is 12.1 Å². The minimum Gasteiger partial charge on any atom is -0.387 e. The molecule has 0 aromatic carbocycles. The van der Waals surface area contributed by atoms with E-state index in [1.165, 1.54) is 0 Å². The molecule has 2 aromatic heterocycles. The highest BCUT2D eigenvalue weighted by molar-refractivity contribution is 5.74. The highest BCUT2D eigenvalue weighted by Crippen LogP contribution is 2.21. The molecule has 2 amide bonds. The molecule has 2 rings (SSSR count). The van der Waals surface area contributed by atoms with Gasteiger partial charge in [-0.25, -0.2) is 4.79 Å². The Kier molecular flexibility index (Phi) is 5.65. The lowest BCUT2D eigenvalue weighted by atomic mass is 9.85. The summed E-state index contributed by atoms with van der Waals surface area (Å²) in [4.78, 5) is 19.8. The number of nitrogens with zero attached hydrogens (tertiary/aromatic N) is 2. The number of aliphatic hydroxyl groups is 1. The molecule has 0 saturated carbocycles. The van der Waals surface area contributed by atoms with Crippen LogP contribution in [-0.2, 0) is 5.41 Å². The van der Waals surface area contributed by atoms with Crippen molar-refractivity contribution in [2.75, 3.05) is 13.1 Å². The van der Waals surface area contributed by atoms with Crippen LogP contribution in [0.3, 0.4) is 0 Å². The van der Waals surface area contributed by atoms with Crippen LogP contribution in [-0.4, -0.2) is 34.2 Å². The number of hydrogen-bond acceptors (Lipinski definition) is 4. The first-order valence-corrected chi connectivity index (χ1v) is 7.49. The fourth-order valence-corrected chi connectivity index (χ4v) is 2.16. The Morgan fingerprint density at radius 3 is 2.26 bits per heavy atom. The summed E-state index contributed by atoms with van der Waals surface area (Å²) in [5, 5.41) is 15.5. The Labute approximate surface area is 136 Å². The van der Waals surface area contributed by atoms with Gasteiger partial charge in [-0.3, -0.25) is 9.97 Å². The van der Waals surface area contributed by atoms with Crippen molar-refractivity contribution in [1.82, 2.24) is 20.6 Å². The molecule has 2 aromatic rings. The van der Waals surface area contributed by atoms with E-state index in [0.29, 0.717) is 6.54 Å². The maximum Gasteiger partial charge on any atom is 0.314 e. The molecule has 0 aliphatic heterocycles. The molecule has 3 N–H and O–H groups in total. The molecule has 6 heteroatoms. The van der Waals surface area contributed by atoms with Gasteiger partial charge in [0.2, 0.25) is 0 Å². The second kappa shape index (κ2) is 7.69. The fourth-order valence-electron chi connectivity index (χ4n) is 2.16. The summed E-state index contributed by atoms with van der Waals surface area (Å²) in [7, 11) is 0. The van der Waals surface area contributed by atoms with E-state index in [4.69, 9.17) is 0 Å². The molecule has 1 atom stereocenters. The number of hydrogen-bond donors (Lipinski definition) is 3. The Morgan fingerprint density at radius 2 is 1.65 bits per heavy atom. The second-order valence-electron chi connectivity index (χ2n) is 5.98. The van der Waals surface area contributed by atoms with Crippen molar-refractivity contribution in [2.45, 2.75) is 25.4 Å². The molecule has 0 radical (unpaired) electrons. The van der Waals surface area contributed by atoms with Gasteiger partial charge in [-0.05, 0) is 35.4 Å². The molecule has 23 heavy (non-hydrogen) atoms. The van der Waals surface area contributed by atoms with Gasteiger partial charge < -0.3 is 15.7 Å². The molecule has 0 aliphatic carbocycles. The standard InChI is InChI=1S/C17H22N4O2/c1-17(2,14-5-9-19-10-6-14)12-21-16(23)20-11-15(22)13-3-7-18-8-4-13/h3-10,15,22H,11-12H2,1-2H3,(H2,20,21,23). The fraction of sp³-hybridized carbons (Fsp3) is 0.353. The van der Waals surface area contributed by atoms with Gasteiger partial charge >= 0.3 is 6.03 Å². The molecule has 0 spiro atoms. The van der Waals surface area contributed by atoms with E-state index in [9.17, 15) is 9.90 Å². The van der Waals surface area contributed by atoms with Crippen LogP contribution in [0, 0.1) is 0 Å². The van der Waals surface area contributed by atoms with Gasteiger partial charge in [0.15, 0.2) is 0 Å². The second-order valence-corrected chi connectivity index (χ2v) is 5.98. The van der Waals surface area contributed by atoms with Crippen molar-refractivity contribution in [3.05, 3.63) is 60.2 Å². The zero-order valence-electron chi connectivity index (χ0n) is 13.4. The van der Waals surface area contributed by atoms with Gasteiger partial charge in [0.25, 0.3) is 0 Å². The minimum absolute atomic E-state index is 0.144. The first-order chi connectivity index (χ1) is 11.0. The lowest BCUT2D eigenvalue weighted by Crippen LogP contribution is -2.43. The lowest BCUT2D eigenvalue weighted by molar-refractivity contribution is 0.172. The highest BCUT2D eigenvalue weighted by Gasteiger charge is 2.21. The smallest absolute Gasteiger partial charge is 0.314 e. The van der Waals surface area contributed by atoms with Crippen molar-refractivity contribution in [3.8, 4) is 0 Å². The Hall–Kier alpha value is -2.47.